The summed E-state index contributed by atoms with van der Waals surface area (Å²) in [7, 11) is 0. The van der Waals surface area contributed by atoms with Crippen LogP contribution in [0.4, 0.5) is 0 Å². The first-order valence-electron chi connectivity index (χ1n) is 5.20. The van der Waals surface area contributed by atoms with E-state index in [0.29, 0.717) is 11.8 Å². The third-order valence-electron chi connectivity index (χ3n) is 2.72. The Kier molecular flexibility index (Phi) is 2.17. The first kappa shape index (κ1) is 9.44. The van der Waals surface area contributed by atoms with Crippen LogP contribution >= 0.6 is 0 Å². The van der Waals surface area contributed by atoms with Gasteiger partial charge in [-0.1, -0.05) is 13.8 Å². The van der Waals surface area contributed by atoms with E-state index in [1.807, 2.05) is 6.92 Å². The monoisotopic (exact) mass is 192 g/mol. The van der Waals surface area contributed by atoms with Gasteiger partial charge in [0.15, 0.2) is 0 Å². The minimum absolute atomic E-state index is 0.0330. The van der Waals surface area contributed by atoms with Crippen LogP contribution in [-0.2, 0) is 0 Å². The highest BCUT2D eigenvalue weighted by Crippen LogP contribution is 2.37. The molecule has 0 aromatic carbocycles. The molecule has 0 bridgehead atoms. The fourth-order valence-electron chi connectivity index (χ4n) is 1.68. The molecule has 14 heavy (non-hydrogen) atoms. The zero-order valence-corrected chi connectivity index (χ0v) is 8.92. The lowest BCUT2D eigenvalue weighted by Gasteiger charge is -2.09. The average Bonchev–Trinajstić information content (AvgIpc) is 2.91. The molecule has 76 valence electrons. The number of nitrogens with zero attached hydrogens (tertiary/aromatic N) is 1. The molecule has 2 rings (SSSR count). The van der Waals surface area contributed by atoms with Gasteiger partial charge in [0, 0.05) is 11.5 Å². The SMILES string of the molecule is Cc1c(C(C)C)nc(C2CC2)[nH]c1=O. The van der Waals surface area contributed by atoms with E-state index >= 15 is 0 Å². The Labute approximate surface area is 83.6 Å². The van der Waals surface area contributed by atoms with E-state index in [0.717, 1.165) is 17.1 Å². The average molecular weight is 192 g/mol. The Balaban J connectivity index is 2.52. The van der Waals surface area contributed by atoms with Crippen molar-refractivity contribution in [3.05, 3.63) is 27.4 Å². The van der Waals surface area contributed by atoms with Crippen molar-refractivity contribution in [1.82, 2.24) is 9.97 Å². The molecular formula is C11H16N2O. The summed E-state index contributed by atoms with van der Waals surface area (Å²) in [5.74, 6) is 1.74. The summed E-state index contributed by atoms with van der Waals surface area (Å²) in [6.07, 6.45) is 2.34. The summed E-state index contributed by atoms with van der Waals surface area (Å²) in [6, 6.07) is 0. The van der Waals surface area contributed by atoms with Gasteiger partial charge in [-0.15, -0.1) is 0 Å². The summed E-state index contributed by atoms with van der Waals surface area (Å²) in [6.45, 7) is 5.99. The molecule has 1 saturated carbocycles. The number of hydrogen-bond donors (Lipinski definition) is 1. The lowest BCUT2D eigenvalue weighted by molar-refractivity contribution is 0.762. The second-order valence-corrected chi connectivity index (χ2v) is 4.39. The molecule has 3 nitrogen and oxygen atoms in total. The van der Waals surface area contributed by atoms with Gasteiger partial charge in [0.2, 0.25) is 0 Å². The molecule has 0 unspecified atom stereocenters. The van der Waals surface area contributed by atoms with Crippen molar-refractivity contribution in [2.45, 2.75) is 45.4 Å². The molecule has 0 saturated heterocycles. The van der Waals surface area contributed by atoms with Gasteiger partial charge in [0.1, 0.15) is 5.82 Å². The quantitative estimate of drug-likeness (QED) is 0.779. The van der Waals surface area contributed by atoms with Crippen molar-refractivity contribution in [1.29, 1.82) is 0 Å². The lowest BCUT2D eigenvalue weighted by Crippen LogP contribution is -2.18. The molecule has 1 N–H and O–H groups in total. The van der Waals surface area contributed by atoms with E-state index in [-0.39, 0.29) is 5.56 Å². The van der Waals surface area contributed by atoms with Gasteiger partial charge in [-0.25, -0.2) is 4.98 Å². The van der Waals surface area contributed by atoms with Crippen molar-refractivity contribution >= 4 is 0 Å². The molecule has 1 fully saturated rings. The predicted molar refractivity (Wildman–Crippen MR) is 55.7 cm³/mol. The standard InChI is InChI=1S/C11H16N2O/c1-6(2)9-7(3)11(14)13-10(12-9)8-4-5-8/h6,8H,4-5H2,1-3H3,(H,12,13,14). The largest absolute Gasteiger partial charge is 0.310 e. The van der Waals surface area contributed by atoms with Crippen LogP contribution in [0.5, 0.6) is 0 Å². The van der Waals surface area contributed by atoms with Crippen LogP contribution in [0, 0.1) is 6.92 Å². The minimum Gasteiger partial charge on any atom is -0.310 e. The maximum Gasteiger partial charge on any atom is 0.254 e. The van der Waals surface area contributed by atoms with Crippen molar-refractivity contribution < 1.29 is 0 Å². The molecule has 1 aromatic rings. The van der Waals surface area contributed by atoms with Gasteiger partial charge in [0.25, 0.3) is 5.56 Å². The third-order valence-corrected chi connectivity index (χ3v) is 2.72. The first-order valence-corrected chi connectivity index (χ1v) is 5.20. The van der Waals surface area contributed by atoms with Gasteiger partial charge in [-0.05, 0) is 25.7 Å². The van der Waals surface area contributed by atoms with E-state index < -0.39 is 0 Å². The normalized spacial score (nSPS) is 16.3. The topological polar surface area (TPSA) is 45.8 Å². The number of hydrogen-bond acceptors (Lipinski definition) is 2. The summed E-state index contributed by atoms with van der Waals surface area (Å²) < 4.78 is 0. The van der Waals surface area contributed by atoms with E-state index in [4.69, 9.17) is 0 Å². The van der Waals surface area contributed by atoms with Crippen LogP contribution in [0.2, 0.25) is 0 Å². The number of aromatic amines is 1. The first-order chi connectivity index (χ1) is 6.59. The van der Waals surface area contributed by atoms with Gasteiger partial charge >= 0.3 is 0 Å². The van der Waals surface area contributed by atoms with Crippen LogP contribution in [-0.4, -0.2) is 9.97 Å². The van der Waals surface area contributed by atoms with E-state index in [9.17, 15) is 4.79 Å². The highest BCUT2D eigenvalue weighted by molar-refractivity contribution is 5.21. The van der Waals surface area contributed by atoms with Gasteiger partial charge < -0.3 is 4.98 Å². The number of nitrogens with one attached hydrogen (secondary N) is 1. The van der Waals surface area contributed by atoms with Crippen molar-refractivity contribution in [2.24, 2.45) is 0 Å². The Morgan fingerprint density at radius 1 is 1.43 bits per heavy atom. The lowest BCUT2D eigenvalue weighted by atomic mass is 10.1. The molecule has 0 amide bonds. The number of H-pyrrole nitrogens is 1. The summed E-state index contributed by atoms with van der Waals surface area (Å²) in [4.78, 5) is 19.0. The van der Waals surface area contributed by atoms with Crippen LogP contribution in [0.3, 0.4) is 0 Å². The Hall–Kier alpha value is -1.12. The predicted octanol–water partition coefficient (Wildman–Crippen LogP) is 2.08. The molecule has 3 heteroatoms. The van der Waals surface area contributed by atoms with Crippen molar-refractivity contribution in [3.63, 3.8) is 0 Å². The van der Waals surface area contributed by atoms with E-state index in [1.165, 1.54) is 12.8 Å². The third kappa shape index (κ3) is 1.59. The maximum absolute atomic E-state index is 11.6. The van der Waals surface area contributed by atoms with Crippen molar-refractivity contribution in [2.75, 3.05) is 0 Å². The fraction of sp³-hybridized carbons (Fsp3) is 0.636. The van der Waals surface area contributed by atoms with Crippen LogP contribution in [0.1, 0.15) is 55.6 Å². The molecule has 0 spiro atoms. The van der Waals surface area contributed by atoms with Crippen LogP contribution in [0.25, 0.3) is 0 Å². The Bertz CT molecular complexity index is 402. The van der Waals surface area contributed by atoms with Crippen LogP contribution in [0.15, 0.2) is 4.79 Å². The Morgan fingerprint density at radius 3 is 2.57 bits per heavy atom. The van der Waals surface area contributed by atoms with Gasteiger partial charge in [-0.2, -0.15) is 0 Å². The summed E-state index contributed by atoms with van der Waals surface area (Å²) in [5, 5.41) is 0. The minimum atomic E-state index is 0.0330. The molecule has 1 heterocycles. The molecule has 0 radical (unpaired) electrons. The molecular weight excluding hydrogens is 176 g/mol. The van der Waals surface area contributed by atoms with Crippen LogP contribution < -0.4 is 5.56 Å². The second-order valence-electron chi connectivity index (χ2n) is 4.39. The molecule has 1 aliphatic rings. The second kappa shape index (κ2) is 3.23. The smallest absolute Gasteiger partial charge is 0.254 e. The molecule has 1 aliphatic carbocycles. The number of aromatic nitrogens is 2. The molecule has 0 aliphatic heterocycles. The van der Waals surface area contributed by atoms with Gasteiger partial charge in [0.05, 0.1) is 5.69 Å². The summed E-state index contributed by atoms with van der Waals surface area (Å²) >= 11 is 0. The van der Waals surface area contributed by atoms with Gasteiger partial charge in [-0.3, -0.25) is 4.79 Å². The fourth-order valence-corrected chi connectivity index (χ4v) is 1.68. The van der Waals surface area contributed by atoms with E-state index in [1.54, 1.807) is 0 Å². The molecule has 1 aromatic heterocycles. The Morgan fingerprint density at radius 2 is 2.07 bits per heavy atom. The van der Waals surface area contributed by atoms with E-state index in [2.05, 4.69) is 23.8 Å². The highest BCUT2D eigenvalue weighted by atomic mass is 16.1. The zero-order valence-electron chi connectivity index (χ0n) is 8.92. The summed E-state index contributed by atoms with van der Waals surface area (Å²) in [5.41, 5.74) is 1.76. The maximum atomic E-state index is 11.6. The van der Waals surface area contributed by atoms with Crippen molar-refractivity contribution in [3.8, 4) is 0 Å². The molecule has 0 atom stereocenters. The highest BCUT2D eigenvalue weighted by Gasteiger charge is 2.27. The number of rotatable bonds is 2. The zero-order chi connectivity index (χ0) is 10.3.